The minimum absolute atomic E-state index is 0.110. The van der Waals surface area contributed by atoms with Gasteiger partial charge >= 0.3 is 11.9 Å². The van der Waals surface area contributed by atoms with Gasteiger partial charge in [-0.05, 0) is 32.0 Å². The zero-order chi connectivity index (χ0) is 22.0. The zero-order valence-electron chi connectivity index (χ0n) is 17.5. The molecule has 0 aliphatic carbocycles. The van der Waals surface area contributed by atoms with Crippen LogP contribution in [0, 0.1) is 17.2 Å². The SMILES string of the molecule is CC(OC(=O)c1cnn(-c2ccc3c(c2)c(C#N)nn3C(C)C)c1)OC(=O)C(C)C. The van der Waals surface area contributed by atoms with Gasteiger partial charge in [-0.3, -0.25) is 9.48 Å². The van der Waals surface area contributed by atoms with Gasteiger partial charge in [0.2, 0.25) is 6.29 Å². The molecule has 0 bridgehead atoms. The Labute approximate surface area is 173 Å². The molecule has 2 aromatic heterocycles. The molecule has 9 nitrogen and oxygen atoms in total. The Morgan fingerprint density at radius 3 is 2.50 bits per heavy atom. The third-order valence-corrected chi connectivity index (χ3v) is 4.39. The Morgan fingerprint density at radius 2 is 1.87 bits per heavy atom. The Balaban J connectivity index is 1.82. The van der Waals surface area contributed by atoms with Crippen molar-refractivity contribution >= 4 is 22.8 Å². The topological polar surface area (TPSA) is 112 Å². The first-order valence-corrected chi connectivity index (χ1v) is 9.60. The first-order chi connectivity index (χ1) is 14.2. The van der Waals surface area contributed by atoms with Crippen LogP contribution in [0.3, 0.4) is 0 Å². The Morgan fingerprint density at radius 1 is 1.13 bits per heavy atom. The van der Waals surface area contributed by atoms with Crippen molar-refractivity contribution in [2.45, 2.75) is 47.0 Å². The van der Waals surface area contributed by atoms with Crippen LogP contribution in [0.25, 0.3) is 16.6 Å². The summed E-state index contributed by atoms with van der Waals surface area (Å²) in [4.78, 5) is 23.9. The number of nitrogens with zero attached hydrogens (tertiary/aromatic N) is 5. The number of rotatable bonds is 6. The van der Waals surface area contributed by atoms with Crippen molar-refractivity contribution in [1.82, 2.24) is 19.6 Å². The predicted octanol–water partition coefficient (Wildman–Crippen LogP) is 3.38. The molecule has 9 heteroatoms. The van der Waals surface area contributed by atoms with Crippen LogP contribution in [-0.2, 0) is 14.3 Å². The van der Waals surface area contributed by atoms with E-state index < -0.39 is 18.2 Å². The van der Waals surface area contributed by atoms with Crippen molar-refractivity contribution in [3.8, 4) is 11.8 Å². The van der Waals surface area contributed by atoms with E-state index in [1.165, 1.54) is 24.0 Å². The van der Waals surface area contributed by atoms with Gasteiger partial charge in [0.1, 0.15) is 6.07 Å². The van der Waals surface area contributed by atoms with E-state index in [1.807, 2.05) is 26.0 Å². The molecule has 1 aromatic carbocycles. The summed E-state index contributed by atoms with van der Waals surface area (Å²) in [5.41, 5.74) is 2.05. The largest absolute Gasteiger partial charge is 0.425 e. The summed E-state index contributed by atoms with van der Waals surface area (Å²) in [7, 11) is 0. The molecular weight excluding hydrogens is 386 g/mol. The maximum atomic E-state index is 12.3. The van der Waals surface area contributed by atoms with Crippen LogP contribution in [0.4, 0.5) is 0 Å². The standard InChI is InChI=1S/C21H23N5O4/c1-12(2)20(27)29-14(5)30-21(28)15-10-23-25(11-15)16-6-7-19-17(8-16)18(9-22)24-26(19)13(3)4/h6-8,10-14H,1-5H3. The number of carbonyl (C=O) groups is 2. The lowest BCUT2D eigenvalue weighted by atomic mass is 10.2. The van der Waals surface area contributed by atoms with Crippen LogP contribution in [0.15, 0.2) is 30.6 Å². The molecular formula is C21H23N5O4. The number of nitriles is 1. The van der Waals surface area contributed by atoms with E-state index in [9.17, 15) is 14.9 Å². The fourth-order valence-corrected chi connectivity index (χ4v) is 2.86. The summed E-state index contributed by atoms with van der Waals surface area (Å²) in [5, 5.41) is 18.7. The maximum Gasteiger partial charge on any atom is 0.344 e. The van der Waals surface area contributed by atoms with Gasteiger partial charge in [-0.25, -0.2) is 9.48 Å². The monoisotopic (exact) mass is 409 g/mol. The van der Waals surface area contributed by atoms with E-state index in [2.05, 4.69) is 16.3 Å². The molecule has 30 heavy (non-hydrogen) atoms. The van der Waals surface area contributed by atoms with E-state index >= 15 is 0 Å². The molecule has 0 aliphatic rings. The van der Waals surface area contributed by atoms with Crippen molar-refractivity contribution in [1.29, 1.82) is 5.26 Å². The average molecular weight is 409 g/mol. The van der Waals surface area contributed by atoms with Gasteiger partial charge in [-0.2, -0.15) is 15.5 Å². The lowest BCUT2D eigenvalue weighted by Crippen LogP contribution is -2.24. The zero-order valence-corrected chi connectivity index (χ0v) is 17.5. The molecule has 0 fully saturated rings. The third kappa shape index (κ3) is 4.17. The van der Waals surface area contributed by atoms with Crippen molar-refractivity contribution in [3.05, 3.63) is 41.9 Å². The molecule has 0 saturated heterocycles. The Kier molecular flexibility index (Phi) is 5.87. The summed E-state index contributed by atoms with van der Waals surface area (Å²) in [5.74, 6) is -1.42. The van der Waals surface area contributed by atoms with Crippen molar-refractivity contribution < 1.29 is 19.1 Å². The fourth-order valence-electron chi connectivity index (χ4n) is 2.86. The smallest absolute Gasteiger partial charge is 0.344 e. The van der Waals surface area contributed by atoms with Gasteiger partial charge in [0.05, 0.1) is 28.9 Å². The quantitative estimate of drug-likeness (QED) is 0.453. The van der Waals surface area contributed by atoms with Crippen LogP contribution >= 0.6 is 0 Å². The van der Waals surface area contributed by atoms with E-state index in [0.29, 0.717) is 16.8 Å². The molecule has 1 atom stereocenters. The summed E-state index contributed by atoms with van der Waals surface area (Å²) in [6.07, 6.45) is 1.87. The second-order valence-corrected chi connectivity index (χ2v) is 7.44. The number of benzene rings is 1. The minimum Gasteiger partial charge on any atom is -0.425 e. The van der Waals surface area contributed by atoms with Crippen LogP contribution in [0.1, 0.15) is 56.7 Å². The summed E-state index contributed by atoms with van der Waals surface area (Å²) in [6.45, 7) is 8.85. The molecule has 0 radical (unpaired) electrons. The predicted molar refractivity (Wildman–Crippen MR) is 108 cm³/mol. The molecule has 3 aromatic rings. The molecule has 0 aliphatic heterocycles. The van der Waals surface area contributed by atoms with Gasteiger partial charge < -0.3 is 9.47 Å². The lowest BCUT2D eigenvalue weighted by molar-refractivity contribution is -0.169. The fraction of sp³-hybridized carbons (Fsp3) is 0.381. The normalized spacial score (nSPS) is 12.2. The first-order valence-electron chi connectivity index (χ1n) is 9.60. The van der Waals surface area contributed by atoms with Crippen LogP contribution in [0.5, 0.6) is 0 Å². The van der Waals surface area contributed by atoms with Gasteiger partial charge in [0.25, 0.3) is 0 Å². The van der Waals surface area contributed by atoms with Gasteiger partial charge in [0.15, 0.2) is 5.69 Å². The number of esters is 2. The molecule has 2 heterocycles. The maximum absolute atomic E-state index is 12.3. The van der Waals surface area contributed by atoms with Gasteiger partial charge in [-0.15, -0.1) is 0 Å². The van der Waals surface area contributed by atoms with Crippen molar-refractivity contribution in [2.75, 3.05) is 0 Å². The number of hydrogen-bond donors (Lipinski definition) is 0. The highest BCUT2D eigenvalue weighted by atomic mass is 16.7. The van der Waals surface area contributed by atoms with Gasteiger partial charge in [-0.1, -0.05) is 13.8 Å². The Bertz CT molecular complexity index is 1140. The number of hydrogen-bond acceptors (Lipinski definition) is 7. The second kappa shape index (κ2) is 8.37. The third-order valence-electron chi connectivity index (χ3n) is 4.39. The highest BCUT2D eigenvalue weighted by molar-refractivity contribution is 5.89. The van der Waals surface area contributed by atoms with Crippen molar-refractivity contribution in [3.63, 3.8) is 0 Å². The van der Waals surface area contributed by atoms with Crippen LogP contribution in [-0.4, -0.2) is 37.8 Å². The summed E-state index contributed by atoms with van der Waals surface area (Å²) < 4.78 is 13.5. The van der Waals surface area contributed by atoms with E-state index in [-0.39, 0.29) is 17.5 Å². The molecule has 3 rings (SSSR count). The molecule has 156 valence electrons. The van der Waals surface area contributed by atoms with Crippen LogP contribution in [0.2, 0.25) is 0 Å². The van der Waals surface area contributed by atoms with E-state index in [4.69, 9.17) is 9.47 Å². The van der Waals surface area contributed by atoms with E-state index in [0.717, 1.165) is 5.52 Å². The number of fused-ring (bicyclic) bond motifs is 1. The number of aromatic nitrogens is 4. The molecule has 0 saturated carbocycles. The molecule has 1 unspecified atom stereocenters. The minimum atomic E-state index is -1.01. The molecule has 0 N–H and O–H groups in total. The summed E-state index contributed by atoms with van der Waals surface area (Å²) in [6, 6.07) is 7.72. The lowest BCUT2D eigenvalue weighted by Gasteiger charge is -2.14. The summed E-state index contributed by atoms with van der Waals surface area (Å²) >= 11 is 0. The van der Waals surface area contributed by atoms with Crippen LogP contribution < -0.4 is 0 Å². The molecule has 0 spiro atoms. The highest BCUT2D eigenvalue weighted by Crippen LogP contribution is 2.24. The molecule has 0 amide bonds. The first kappa shape index (κ1) is 21.0. The number of ether oxygens (including phenoxy) is 2. The highest BCUT2D eigenvalue weighted by Gasteiger charge is 2.19. The number of carbonyl (C=O) groups excluding carboxylic acids is 2. The van der Waals surface area contributed by atoms with Gasteiger partial charge in [0, 0.05) is 24.5 Å². The van der Waals surface area contributed by atoms with Crippen molar-refractivity contribution in [2.24, 2.45) is 5.92 Å². The average Bonchev–Trinajstić information content (AvgIpc) is 3.32. The Hall–Kier alpha value is -3.67. The second-order valence-electron chi connectivity index (χ2n) is 7.44. The van der Waals surface area contributed by atoms with E-state index in [1.54, 1.807) is 24.6 Å².